The molecule has 1 N–H and O–H groups in total. The van der Waals surface area contributed by atoms with Crippen LogP contribution in [0, 0.1) is 0 Å². The Bertz CT molecular complexity index is 549. The van der Waals surface area contributed by atoms with Crippen LogP contribution in [0.3, 0.4) is 0 Å². The number of nitrogens with zero attached hydrogens (tertiary/aromatic N) is 1. The Kier molecular flexibility index (Phi) is 2.73. The van der Waals surface area contributed by atoms with Crippen LogP contribution in [-0.2, 0) is 6.42 Å². The molecule has 2 aromatic rings. The zero-order valence-electron chi connectivity index (χ0n) is 9.27. The number of nitrogens with one attached hydrogen (secondary N) is 1. The van der Waals surface area contributed by atoms with Gasteiger partial charge in [0, 0.05) is 16.7 Å². The number of aryl methyl sites for hydroxylation is 1. The first-order chi connectivity index (χ1) is 8.34. The molecule has 1 aliphatic rings. The maximum absolute atomic E-state index is 12.1. The molecule has 3 nitrogen and oxygen atoms in total. The minimum absolute atomic E-state index is 0.0147. The molecule has 0 saturated heterocycles. The van der Waals surface area contributed by atoms with Crippen molar-refractivity contribution in [1.29, 1.82) is 0 Å². The Morgan fingerprint density at radius 1 is 1.35 bits per heavy atom. The van der Waals surface area contributed by atoms with Gasteiger partial charge >= 0.3 is 0 Å². The molecule has 1 aromatic carbocycles. The molecule has 1 aromatic heterocycles. The Labute approximate surface area is 104 Å². The number of H-pyrrole nitrogens is 1. The van der Waals surface area contributed by atoms with E-state index in [-0.39, 0.29) is 5.78 Å². The fourth-order valence-electron chi connectivity index (χ4n) is 2.04. The molecule has 4 heteroatoms. The quantitative estimate of drug-likeness (QED) is 0.826. The predicted molar refractivity (Wildman–Crippen MR) is 67.5 cm³/mol. The van der Waals surface area contributed by atoms with Gasteiger partial charge in [-0.3, -0.25) is 9.89 Å². The molecular weight excluding hydrogens is 232 g/mol. The van der Waals surface area contributed by atoms with Crippen molar-refractivity contribution in [3.8, 4) is 0 Å². The molecule has 0 unspecified atom stereocenters. The highest BCUT2D eigenvalue weighted by Crippen LogP contribution is 2.30. The van der Waals surface area contributed by atoms with Crippen molar-refractivity contribution in [1.82, 2.24) is 10.2 Å². The molecule has 2 heterocycles. The monoisotopic (exact) mass is 244 g/mol. The third-order valence-corrected chi connectivity index (χ3v) is 4.12. The Hall–Kier alpha value is -1.55. The summed E-state index contributed by atoms with van der Waals surface area (Å²) in [6.45, 7) is 0. The third kappa shape index (κ3) is 2.00. The van der Waals surface area contributed by atoms with Crippen molar-refractivity contribution in [2.75, 3.05) is 5.75 Å². The molecule has 17 heavy (non-hydrogen) atoms. The minimum Gasteiger partial charge on any atom is -0.287 e. The van der Waals surface area contributed by atoms with Crippen LogP contribution in [0.25, 0.3) is 0 Å². The molecule has 86 valence electrons. The number of carbonyl (C=O) groups is 1. The Morgan fingerprint density at radius 2 is 2.29 bits per heavy atom. The van der Waals surface area contributed by atoms with Crippen molar-refractivity contribution < 1.29 is 4.79 Å². The molecule has 0 fully saturated rings. The van der Waals surface area contributed by atoms with Gasteiger partial charge in [-0.25, -0.2) is 0 Å². The lowest BCUT2D eigenvalue weighted by Gasteiger charge is -2.15. The average molecular weight is 244 g/mol. The van der Waals surface area contributed by atoms with Gasteiger partial charge in [0.2, 0.25) is 5.78 Å². The first-order valence-electron chi connectivity index (χ1n) is 5.64. The summed E-state index contributed by atoms with van der Waals surface area (Å²) in [5.74, 6) is 1.20. The maximum atomic E-state index is 12.1. The Balaban J connectivity index is 1.96. The van der Waals surface area contributed by atoms with Gasteiger partial charge in [0.1, 0.15) is 5.69 Å². The molecule has 0 saturated carbocycles. The average Bonchev–Trinajstić information content (AvgIpc) is 2.91. The van der Waals surface area contributed by atoms with E-state index >= 15 is 0 Å². The van der Waals surface area contributed by atoms with E-state index in [1.807, 2.05) is 23.9 Å². The van der Waals surface area contributed by atoms with Crippen LogP contribution in [0.5, 0.6) is 0 Å². The maximum Gasteiger partial charge on any atom is 0.210 e. The third-order valence-electron chi connectivity index (χ3n) is 2.92. The number of carbonyl (C=O) groups excluding carboxylic acids is 1. The molecule has 0 aliphatic carbocycles. The summed E-state index contributed by atoms with van der Waals surface area (Å²) in [6.07, 6.45) is 3.87. The number of hydrogen-bond acceptors (Lipinski definition) is 3. The summed E-state index contributed by atoms with van der Waals surface area (Å²) < 4.78 is 0. The first-order valence-corrected chi connectivity index (χ1v) is 6.63. The number of benzene rings is 1. The highest BCUT2D eigenvalue weighted by Gasteiger charge is 2.15. The number of aromatic nitrogens is 2. The van der Waals surface area contributed by atoms with Crippen LogP contribution < -0.4 is 0 Å². The molecule has 1 aliphatic heterocycles. The zero-order chi connectivity index (χ0) is 11.7. The summed E-state index contributed by atoms with van der Waals surface area (Å²) in [5, 5.41) is 6.52. The summed E-state index contributed by atoms with van der Waals surface area (Å²) in [6, 6.07) is 7.68. The Morgan fingerprint density at radius 3 is 3.12 bits per heavy atom. The lowest BCUT2D eigenvalue weighted by Crippen LogP contribution is -2.05. The number of fused-ring (bicyclic) bond motifs is 1. The van der Waals surface area contributed by atoms with E-state index in [4.69, 9.17) is 0 Å². The highest BCUT2D eigenvalue weighted by molar-refractivity contribution is 7.99. The SMILES string of the molecule is O=C(c1ccc2c(c1)CCCS2)c1ccn[nH]1. The normalized spacial score (nSPS) is 14.4. The van der Waals surface area contributed by atoms with E-state index in [0.29, 0.717) is 5.69 Å². The second-order valence-electron chi connectivity index (χ2n) is 4.07. The second kappa shape index (κ2) is 4.37. The molecule has 0 atom stereocenters. The molecule has 0 radical (unpaired) electrons. The van der Waals surface area contributed by atoms with Crippen molar-refractivity contribution in [2.45, 2.75) is 17.7 Å². The van der Waals surface area contributed by atoms with Gasteiger partial charge in [-0.15, -0.1) is 11.8 Å². The largest absolute Gasteiger partial charge is 0.287 e. The first kappa shape index (κ1) is 10.6. The van der Waals surface area contributed by atoms with Crippen molar-refractivity contribution in [3.05, 3.63) is 47.3 Å². The van der Waals surface area contributed by atoms with Crippen LogP contribution in [0.4, 0.5) is 0 Å². The lowest BCUT2D eigenvalue weighted by molar-refractivity contribution is 0.103. The molecule has 0 spiro atoms. The number of ketones is 1. The lowest BCUT2D eigenvalue weighted by atomic mass is 10.0. The van der Waals surface area contributed by atoms with Crippen LogP contribution in [0.2, 0.25) is 0 Å². The molecule has 0 amide bonds. The van der Waals surface area contributed by atoms with Crippen LogP contribution >= 0.6 is 11.8 Å². The standard InChI is InChI=1S/C13H12N2OS/c16-13(11-5-6-14-15-11)10-3-4-12-9(8-10)2-1-7-17-12/h3-6,8H,1-2,7H2,(H,14,15). The molecule has 3 rings (SSSR count). The summed E-state index contributed by atoms with van der Waals surface area (Å²) in [5.41, 5.74) is 2.59. The second-order valence-corrected chi connectivity index (χ2v) is 5.21. The fraction of sp³-hybridized carbons (Fsp3) is 0.231. The van der Waals surface area contributed by atoms with Gasteiger partial charge in [-0.2, -0.15) is 5.10 Å². The highest BCUT2D eigenvalue weighted by atomic mass is 32.2. The summed E-state index contributed by atoms with van der Waals surface area (Å²) in [4.78, 5) is 13.4. The topological polar surface area (TPSA) is 45.8 Å². The molecular formula is C13H12N2OS. The van der Waals surface area contributed by atoms with E-state index < -0.39 is 0 Å². The van der Waals surface area contributed by atoms with Crippen molar-refractivity contribution in [2.24, 2.45) is 0 Å². The number of aromatic amines is 1. The fourth-order valence-corrected chi connectivity index (χ4v) is 3.06. The van der Waals surface area contributed by atoms with Crippen LogP contribution in [0.15, 0.2) is 35.4 Å². The van der Waals surface area contributed by atoms with E-state index in [9.17, 15) is 4.79 Å². The smallest absolute Gasteiger partial charge is 0.210 e. The predicted octanol–water partition coefficient (Wildman–Crippen LogP) is 2.68. The van der Waals surface area contributed by atoms with E-state index in [2.05, 4.69) is 16.3 Å². The van der Waals surface area contributed by atoms with Gasteiger partial charge in [-0.1, -0.05) is 0 Å². The van der Waals surface area contributed by atoms with E-state index in [1.54, 1.807) is 12.3 Å². The minimum atomic E-state index is 0.0147. The van der Waals surface area contributed by atoms with E-state index in [1.165, 1.54) is 22.6 Å². The van der Waals surface area contributed by atoms with Gasteiger partial charge in [0.15, 0.2) is 0 Å². The summed E-state index contributed by atoms with van der Waals surface area (Å²) >= 11 is 1.88. The van der Waals surface area contributed by atoms with Gasteiger partial charge < -0.3 is 0 Å². The van der Waals surface area contributed by atoms with Crippen LogP contribution in [0.1, 0.15) is 28.0 Å². The molecule has 0 bridgehead atoms. The number of hydrogen-bond donors (Lipinski definition) is 1. The van der Waals surface area contributed by atoms with Gasteiger partial charge in [-0.05, 0) is 48.4 Å². The van der Waals surface area contributed by atoms with E-state index in [0.717, 1.165) is 12.0 Å². The van der Waals surface area contributed by atoms with Crippen molar-refractivity contribution >= 4 is 17.5 Å². The van der Waals surface area contributed by atoms with Gasteiger partial charge in [0.25, 0.3) is 0 Å². The van der Waals surface area contributed by atoms with Gasteiger partial charge in [0.05, 0.1) is 0 Å². The van der Waals surface area contributed by atoms with Crippen LogP contribution in [-0.4, -0.2) is 21.7 Å². The zero-order valence-corrected chi connectivity index (χ0v) is 10.1. The van der Waals surface area contributed by atoms with Crippen molar-refractivity contribution in [3.63, 3.8) is 0 Å². The number of thioether (sulfide) groups is 1. The number of rotatable bonds is 2. The summed E-state index contributed by atoms with van der Waals surface area (Å²) in [7, 11) is 0.